The van der Waals surface area contributed by atoms with E-state index in [9.17, 15) is 28.8 Å². The van der Waals surface area contributed by atoms with Crippen molar-refractivity contribution < 1.29 is 34.9 Å². The molecule has 0 aromatic rings. The molecule has 76 heavy (non-hydrogen) atoms. The molecule has 0 aromatic heterocycles. The standard InChI is InChI=1S/C34H48N2O4.C30H40ClNO3.CH4/c1-21-22-8-9-32(5)26(31(22,4)20-24(35-7)28(21)38)18-25(37)27-23-19-30(2,3)10-12-34(23,13-11-33(27,32)6)29(39)36-14-16-40-17-15-36;1-17-18-8-9-28(5)22(27(18,4)16-20(32-7)24(17)34)14-21(33)23-19-15-26(2,3)10-12-30(19,25(31)35)13-11-29(23,28)6;/h20-23,26-27H,8-19H2,1-6H3;16-19,22-23H,8-15H2,1-6H3;1H4/t21-,22-,23-,26+,27-,31-,32+,33+,34-;17-,18-,19-,22+,23-,27-,28+,29+,30-;/m00./s1/i;;1T. The Labute approximate surface area is 462 Å². The minimum Gasteiger partial charge on any atom is -0.378 e. The van der Waals surface area contributed by atoms with Crippen LogP contribution in [0, 0.1) is 126 Å². The molecule has 8 saturated carbocycles. The van der Waals surface area contributed by atoms with Gasteiger partial charge in [-0.15, -0.1) is 0 Å². The van der Waals surface area contributed by atoms with E-state index in [4.69, 9.17) is 30.9 Å². The van der Waals surface area contributed by atoms with E-state index >= 15 is 0 Å². The maximum Gasteiger partial charge on any atom is 0.229 e. The molecule has 0 N–H and O–H groups in total. The summed E-state index contributed by atoms with van der Waals surface area (Å²) in [6.07, 6.45) is 17.5. The summed E-state index contributed by atoms with van der Waals surface area (Å²) in [7, 11) is 1.25. The number of morpholine rings is 1. The molecular weight excluding hydrogens is 970 g/mol. The van der Waals surface area contributed by atoms with Crippen molar-refractivity contribution in [3.8, 4) is 0 Å². The largest absolute Gasteiger partial charge is 0.378 e. The average molecular weight is 1060 g/mol. The molecule has 1 aliphatic heterocycles. The second-order valence-corrected chi connectivity index (χ2v) is 30.5. The third-order valence-corrected chi connectivity index (χ3v) is 26.7. The van der Waals surface area contributed by atoms with Crippen LogP contribution in [-0.2, 0) is 33.5 Å². The first-order valence-electron chi connectivity index (χ1n) is 30.3. The predicted molar refractivity (Wildman–Crippen MR) is 296 cm³/mol. The molecule has 0 unspecified atom stereocenters. The van der Waals surface area contributed by atoms with Crippen LogP contribution < -0.4 is 0 Å². The van der Waals surface area contributed by atoms with Crippen molar-refractivity contribution in [2.75, 3.05) is 26.3 Å². The van der Waals surface area contributed by atoms with Gasteiger partial charge >= 0.3 is 0 Å². The number of rotatable bonds is 2. The summed E-state index contributed by atoms with van der Waals surface area (Å²) in [5.41, 5.74) is -1.69. The Hall–Kier alpha value is -3.47. The molecule has 11 heteroatoms. The van der Waals surface area contributed by atoms with Crippen LogP contribution >= 0.6 is 11.6 Å². The van der Waals surface area contributed by atoms with E-state index in [1.54, 1.807) is 0 Å². The van der Waals surface area contributed by atoms with Gasteiger partial charge in [0.2, 0.25) is 22.5 Å². The minimum absolute atomic E-state index is 0.00740. The quantitative estimate of drug-likeness (QED) is 0.199. The first-order valence-corrected chi connectivity index (χ1v) is 29.7. The Kier molecular flexibility index (Phi) is 13.6. The molecule has 0 radical (unpaired) electrons. The lowest BCUT2D eigenvalue weighted by molar-refractivity contribution is -0.221. The summed E-state index contributed by atoms with van der Waals surface area (Å²) in [4.78, 5) is 91.5. The number of halogens is 1. The second kappa shape index (κ2) is 18.5. The van der Waals surface area contributed by atoms with Gasteiger partial charge in [-0.05, 0) is 180 Å². The van der Waals surface area contributed by atoms with Crippen LogP contribution in [0.3, 0.4) is 0 Å². The fourth-order valence-electron chi connectivity index (χ4n) is 21.6. The van der Waals surface area contributed by atoms with Gasteiger partial charge in [-0.3, -0.25) is 19.2 Å². The predicted octanol–water partition coefficient (Wildman–Crippen LogP) is 13.8. The maximum atomic E-state index is 14.7. The number of carbonyl (C=O) groups excluding carboxylic acids is 6. The number of hydrogen-bond acceptors (Lipinski definition) is 7. The van der Waals surface area contributed by atoms with Gasteiger partial charge in [-0.1, -0.05) is 103 Å². The molecule has 18 atom stereocenters. The van der Waals surface area contributed by atoms with E-state index in [0.717, 1.165) is 89.9 Å². The SMILES string of the molecule is [3H]C.[C-]#[N+]C1=C[C@]2(C)[C@H]3CC(=O)[C@@H]4[C@@H]5CC(C)(C)CC[C@]5(C(=O)Cl)CC[C@@]4(C)[C@]3(C)CC[C@H]2[C@H](C)C1=O.[C-]#[N+]C1=C[C@]2(C)[C@H]3CC(=O)[C@@H]4[C@@H]5CC(C)(C)CC[C@]5(C(=O)N5CCOCC5)CC[C@@]4(C)[C@]3(C)CC[C@H]2[C@H](C)C1=O. The molecule has 0 aromatic carbocycles. The Morgan fingerprint density at radius 3 is 1.38 bits per heavy atom. The summed E-state index contributed by atoms with van der Waals surface area (Å²) in [6, 6.07) is 0. The Morgan fingerprint density at radius 1 is 0.592 bits per heavy atom. The van der Waals surface area contributed by atoms with Crippen LogP contribution in [0.15, 0.2) is 23.5 Å². The zero-order valence-corrected chi connectivity index (χ0v) is 49.4. The van der Waals surface area contributed by atoms with E-state index in [1.807, 2.05) is 30.9 Å². The number of ketones is 4. The molecule has 1 amide bonds. The molecule has 416 valence electrons. The van der Waals surface area contributed by atoms with Gasteiger partial charge in [0.1, 0.15) is 11.6 Å². The van der Waals surface area contributed by atoms with Gasteiger partial charge in [-0.25, -0.2) is 9.69 Å². The summed E-state index contributed by atoms with van der Waals surface area (Å²) in [6.45, 7) is 45.0. The fourth-order valence-corrected chi connectivity index (χ4v) is 21.9. The average Bonchev–Trinajstić information content (AvgIpc) is 3.41. The number of amides is 1. The third-order valence-electron chi connectivity index (χ3n) is 26.3. The molecule has 0 bridgehead atoms. The highest BCUT2D eigenvalue weighted by Gasteiger charge is 2.74. The van der Waals surface area contributed by atoms with E-state index in [2.05, 4.69) is 78.9 Å². The maximum absolute atomic E-state index is 14.7. The molecule has 1 heterocycles. The van der Waals surface area contributed by atoms with Crippen molar-refractivity contribution in [2.45, 2.75) is 193 Å². The lowest BCUT2D eigenvalue weighted by Gasteiger charge is -2.71. The summed E-state index contributed by atoms with van der Waals surface area (Å²) >= 11 is 6.37. The molecule has 10 nitrogen and oxygen atoms in total. The van der Waals surface area contributed by atoms with Gasteiger partial charge in [0.15, 0.2) is 11.6 Å². The van der Waals surface area contributed by atoms with Crippen molar-refractivity contribution in [3.63, 3.8) is 0 Å². The van der Waals surface area contributed by atoms with Gasteiger partial charge in [-0.2, -0.15) is 0 Å². The topological polar surface area (TPSA) is 124 Å². The van der Waals surface area contributed by atoms with Crippen molar-refractivity contribution in [2.24, 2.45) is 113 Å². The van der Waals surface area contributed by atoms with Crippen molar-refractivity contribution in [1.82, 2.24) is 4.90 Å². The molecule has 11 rings (SSSR count). The van der Waals surface area contributed by atoms with E-state index in [0.29, 0.717) is 44.9 Å². The lowest BCUT2D eigenvalue weighted by atomic mass is 9.32. The Bertz CT molecular complexity index is 2660. The molecule has 0 spiro atoms. The zero-order chi connectivity index (χ0) is 56.6. The van der Waals surface area contributed by atoms with Crippen LogP contribution in [-0.4, -0.2) is 65.5 Å². The van der Waals surface area contributed by atoms with Crippen LogP contribution in [0.25, 0.3) is 9.69 Å². The number of fused-ring (bicyclic) bond motifs is 14. The Morgan fingerprint density at radius 2 is 0.974 bits per heavy atom. The number of ether oxygens (including phenoxy) is 1. The molecule has 9 fully saturated rings. The number of hydrogen-bond donors (Lipinski definition) is 0. The summed E-state index contributed by atoms with van der Waals surface area (Å²) in [5.74, 6) is 0.719. The van der Waals surface area contributed by atoms with Crippen molar-refractivity contribution in [1.29, 1.82) is 0 Å². The van der Waals surface area contributed by atoms with Gasteiger partial charge < -0.3 is 19.2 Å². The minimum atomic E-state index is -0.579. The van der Waals surface area contributed by atoms with Crippen LogP contribution in [0.5, 0.6) is 0 Å². The fraction of sp³-hybridized carbons (Fsp3) is 0.815. The highest BCUT2D eigenvalue weighted by Crippen LogP contribution is 2.77. The Balaban J connectivity index is 0.000000183. The van der Waals surface area contributed by atoms with Crippen molar-refractivity contribution in [3.05, 3.63) is 46.4 Å². The number of nitrogens with zero attached hydrogens (tertiary/aromatic N) is 3. The highest BCUT2D eigenvalue weighted by molar-refractivity contribution is 6.64. The number of allylic oxidation sites excluding steroid dienone is 4. The number of carbonyl (C=O) groups is 6. The summed E-state index contributed by atoms with van der Waals surface area (Å²) in [5, 5.41) is -0.236. The van der Waals surface area contributed by atoms with E-state index in [1.165, 1.54) is 7.40 Å². The molecule has 1 saturated heterocycles. The third kappa shape index (κ3) is 7.69. The summed E-state index contributed by atoms with van der Waals surface area (Å²) < 4.78 is 11.3. The molecule has 10 aliphatic carbocycles. The van der Waals surface area contributed by atoms with Crippen LogP contribution in [0.1, 0.15) is 195 Å². The van der Waals surface area contributed by atoms with Gasteiger partial charge in [0.25, 0.3) is 0 Å². The lowest BCUT2D eigenvalue weighted by Crippen LogP contribution is -2.69. The van der Waals surface area contributed by atoms with Gasteiger partial charge in [0.05, 0.1) is 31.8 Å². The van der Waals surface area contributed by atoms with E-state index < -0.39 is 10.8 Å². The molecular formula is C65H92ClN3O7. The number of Topliss-reactive ketones (excluding diaryl/α,β-unsaturated/α-hetero) is 4. The van der Waals surface area contributed by atoms with Gasteiger partial charge in [0, 0.05) is 56.4 Å². The molecule has 11 aliphatic rings. The zero-order valence-electron chi connectivity index (χ0n) is 49.6. The van der Waals surface area contributed by atoms with Crippen LogP contribution in [0.4, 0.5) is 0 Å². The van der Waals surface area contributed by atoms with Crippen LogP contribution in [0.2, 0.25) is 0 Å². The first-order chi connectivity index (χ1) is 35.9. The highest BCUT2D eigenvalue weighted by atomic mass is 35.5. The second-order valence-electron chi connectivity index (χ2n) is 30.1. The van der Waals surface area contributed by atoms with E-state index in [-0.39, 0.29) is 142 Å². The van der Waals surface area contributed by atoms with Crippen molar-refractivity contribution >= 4 is 45.9 Å². The smallest absolute Gasteiger partial charge is 0.229 e. The normalized spacial score (nSPS) is 48.7. The monoisotopic (exact) mass is 1060 g/mol. The first kappa shape index (κ1) is 55.8.